The number of fused-ring (bicyclic) bond motifs is 1. The fourth-order valence-electron chi connectivity index (χ4n) is 2.91. The molecule has 0 aliphatic heterocycles. The van der Waals surface area contributed by atoms with Gasteiger partial charge in [0, 0.05) is 10.4 Å². The fraction of sp³-hybridized carbons (Fsp3) is 0.625. The maximum atomic E-state index is 6.08. The van der Waals surface area contributed by atoms with E-state index in [0.717, 1.165) is 28.9 Å². The van der Waals surface area contributed by atoms with Gasteiger partial charge < -0.3 is 5.32 Å². The molecule has 1 N–H and O–H groups in total. The molecule has 0 atom stereocenters. The first-order chi connectivity index (χ1) is 9.59. The van der Waals surface area contributed by atoms with Gasteiger partial charge in [-0.15, -0.1) is 11.3 Å². The van der Waals surface area contributed by atoms with Crippen molar-refractivity contribution in [2.24, 2.45) is 5.41 Å². The van der Waals surface area contributed by atoms with Crippen molar-refractivity contribution in [3.63, 3.8) is 0 Å². The van der Waals surface area contributed by atoms with Crippen molar-refractivity contribution in [2.45, 2.75) is 59.9 Å². The van der Waals surface area contributed by atoms with E-state index in [9.17, 15) is 0 Å². The number of rotatable bonds is 4. The van der Waals surface area contributed by atoms with Crippen LogP contribution in [0.2, 0.25) is 5.28 Å². The van der Waals surface area contributed by atoms with Crippen molar-refractivity contribution in [1.82, 2.24) is 9.97 Å². The van der Waals surface area contributed by atoms with Crippen LogP contribution in [0.4, 0.5) is 5.82 Å². The predicted octanol–water partition coefficient (Wildman–Crippen LogP) is 5.53. The molecule has 2 heterocycles. The molecule has 0 amide bonds. The summed E-state index contributed by atoms with van der Waals surface area (Å²) in [5.74, 6) is 0.843. The van der Waals surface area contributed by atoms with Crippen LogP contribution >= 0.6 is 22.9 Å². The third kappa shape index (κ3) is 4.30. The Labute approximate surface area is 136 Å². The third-order valence-corrected chi connectivity index (χ3v) is 4.54. The molecule has 0 aliphatic carbocycles. The number of hydrogen-bond acceptors (Lipinski definition) is 4. The summed E-state index contributed by atoms with van der Waals surface area (Å²) in [4.78, 5) is 11.0. The molecule has 2 rings (SSSR count). The molecule has 21 heavy (non-hydrogen) atoms. The predicted molar refractivity (Wildman–Crippen MR) is 93.6 cm³/mol. The smallest absolute Gasteiger partial charge is 0.225 e. The van der Waals surface area contributed by atoms with Gasteiger partial charge in [-0.25, -0.2) is 9.97 Å². The number of hydrogen-bond donors (Lipinski definition) is 1. The fourth-order valence-corrected chi connectivity index (χ4v) is 4.09. The molecule has 0 aliphatic rings. The third-order valence-electron chi connectivity index (χ3n) is 3.19. The SMILES string of the molecule is CCc1cc2c(NC(C)(C)CC(C)(C)C)nc(Cl)nc2s1. The van der Waals surface area contributed by atoms with E-state index in [2.05, 4.69) is 62.9 Å². The number of aryl methyl sites for hydroxylation is 1. The molecule has 2 aromatic rings. The van der Waals surface area contributed by atoms with Gasteiger partial charge in [0.05, 0.1) is 5.39 Å². The van der Waals surface area contributed by atoms with Crippen LogP contribution in [0.5, 0.6) is 0 Å². The van der Waals surface area contributed by atoms with E-state index >= 15 is 0 Å². The summed E-state index contributed by atoms with van der Waals surface area (Å²) in [6.07, 6.45) is 2.04. The molecule has 5 heteroatoms. The van der Waals surface area contributed by atoms with Gasteiger partial charge in [0.2, 0.25) is 5.28 Å². The molecule has 0 radical (unpaired) electrons. The van der Waals surface area contributed by atoms with Gasteiger partial charge >= 0.3 is 0 Å². The first-order valence-corrected chi connectivity index (χ1v) is 8.53. The summed E-state index contributed by atoms with van der Waals surface area (Å²) in [7, 11) is 0. The lowest BCUT2D eigenvalue weighted by molar-refractivity contribution is 0.302. The Morgan fingerprint density at radius 3 is 2.43 bits per heavy atom. The Morgan fingerprint density at radius 2 is 1.86 bits per heavy atom. The van der Waals surface area contributed by atoms with E-state index in [1.807, 2.05) is 0 Å². The number of anilines is 1. The summed E-state index contributed by atoms with van der Waals surface area (Å²) in [6.45, 7) is 13.3. The van der Waals surface area contributed by atoms with Crippen LogP contribution in [0.15, 0.2) is 6.07 Å². The van der Waals surface area contributed by atoms with Crippen LogP contribution < -0.4 is 5.32 Å². The maximum Gasteiger partial charge on any atom is 0.225 e. The second-order valence-electron chi connectivity index (χ2n) is 7.37. The first-order valence-electron chi connectivity index (χ1n) is 7.34. The standard InChI is InChI=1S/C16H24ClN3S/c1-7-10-8-11-12(18-14(17)19-13(11)21-10)20-16(5,6)9-15(2,3)4/h8H,7,9H2,1-6H3,(H,18,19,20). The number of halogens is 1. The Balaban J connectivity index is 2.39. The van der Waals surface area contributed by atoms with E-state index in [-0.39, 0.29) is 11.0 Å². The highest BCUT2D eigenvalue weighted by molar-refractivity contribution is 7.18. The first kappa shape index (κ1) is 16.5. The number of nitrogens with one attached hydrogen (secondary N) is 1. The van der Waals surface area contributed by atoms with Crippen molar-refractivity contribution in [3.05, 3.63) is 16.2 Å². The quantitative estimate of drug-likeness (QED) is 0.750. The van der Waals surface area contributed by atoms with Gasteiger partial charge in [-0.3, -0.25) is 0 Å². The lowest BCUT2D eigenvalue weighted by Crippen LogP contribution is -2.35. The van der Waals surface area contributed by atoms with Crippen molar-refractivity contribution in [2.75, 3.05) is 5.32 Å². The van der Waals surface area contributed by atoms with Gasteiger partial charge in [-0.05, 0) is 49.8 Å². The second kappa shape index (κ2) is 5.73. The molecule has 0 unspecified atom stereocenters. The van der Waals surface area contributed by atoms with Crippen LogP contribution in [0.25, 0.3) is 10.2 Å². The molecular formula is C16H24ClN3S. The second-order valence-corrected chi connectivity index (χ2v) is 8.83. The minimum atomic E-state index is -0.0584. The van der Waals surface area contributed by atoms with Crippen molar-refractivity contribution in [3.8, 4) is 0 Å². The molecule has 0 fully saturated rings. The summed E-state index contributed by atoms with van der Waals surface area (Å²) in [6, 6.07) is 2.17. The van der Waals surface area contributed by atoms with Crippen molar-refractivity contribution >= 4 is 39.0 Å². The van der Waals surface area contributed by atoms with Crippen LogP contribution in [-0.2, 0) is 6.42 Å². The molecule has 116 valence electrons. The highest BCUT2D eigenvalue weighted by atomic mass is 35.5. The normalized spacial score (nSPS) is 12.9. The molecule has 0 spiro atoms. The molecule has 2 aromatic heterocycles. The number of aromatic nitrogens is 2. The van der Waals surface area contributed by atoms with Crippen molar-refractivity contribution in [1.29, 1.82) is 0 Å². The molecule has 0 saturated carbocycles. The lowest BCUT2D eigenvalue weighted by Gasteiger charge is -2.33. The summed E-state index contributed by atoms with van der Waals surface area (Å²) in [5, 5.41) is 4.95. The Morgan fingerprint density at radius 1 is 1.19 bits per heavy atom. The van der Waals surface area contributed by atoms with Gasteiger partial charge in [-0.1, -0.05) is 27.7 Å². The van der Waals surface area contributed by atoms with E-state index in [1.165, 1.54) is 4.88 Å². The van der Waals surface area contributed by atoms with Crippen molar-refractivity contribution < 1.29 is 0 Å². The van der Waals surface area contributed by atoms with Gasteiger partial charge in [0.15, 0.2) is 0 Å². The minimum absolute atomic E-state index is 0.0584. The molecule has 3 nitrogen and oxygen atoms in total. The zero-order chi connectivity index (χ0) is 15.8. The van der Waals surface area contributed by atoms with Crippen LogP contribution in [0.1, 0.15) is 52.8 Å². The highest BCUT2D eigenvalue weighted by Crippen LogP contribution is 2.34. The highest BCUT2D eigenvalue weighted by Gasteiger charge is 2.26. The minimum Gasteiger partial charge on any atom is -0.364 e. The van der Waals surface area contributed by atoms with Crippen LogP contribution in [0, 0.1) is 5.41 Å². The molecule has 0 aromatic carbocycles. The lowest BCUT2D eigenvalue weighted by atomic mass is 9.82. The summed E-state index contributed by atoms with van der Waals surface area (Å²) in [5.41, 5.74) is 0.187. The van der Waals surface area contributed by atoms with E-state index in [1.54, 1.807) is 11.3 Å². The Hall–Kier alpha value is -0.870. The number of thiophene rings is 1. The average molecular weight is 326 g/mol. The summed E-state index contributed by atoms with van der Waals surface area (Å²) >= 11 is 7.77. The molecular weight excluding hydrogens is 302 g/mol. The van der Waals surface area contributed by atoms with Gasteiger partial charge in [-0.2, -0.15) is 0 Å². The average Bonchev–Trinajstić information content (AvgIpc) is 2.67. The zero-order valence-corrected chi connectivity index (χ0v) is 15.2. The Bertz CT molecular complexity index is 641. The maximum absolute atomic E-state index is 6.08. The van der Waals surface area contributed by atoms with E-state index in [4.69, 9.17) is 11.6 Å². The van der Waals surface area contributed by atoms with Gasteiger partial charge in [0.25, 0.3) is 0 Å². The Kier molecular flexibility index (Phi) is 4.50. The summed E-state index contributed by atoms with van der Waals surface area (Å²) < 4.78 is 0. The van der Waals surface area contributed by atoms with E-state index < -0.39 is 0 Å². The monoisotopic (exact) mass is 325 g/mol. The molecule has 0 saturated heterocycles. The van der Waals surface area contributed by atoms with E-state index in [0.29, 0.717) is 5.28 Å². The van der Waals surface area contributed by atoms with Crippen LogP contribution in [-0.4, -0.2) is 15.5 Å². The van der Waals surface area contributed by atoms with Crippen LogP contribution in [0.3, 0.4) is 0 Å². The topological polar surface area (TPSA) is 37.8 Å². The largest absolute Gasteiger partial charge is 0.364 e. The number of nitrogens with zero attached hydrogens (tertiary/aromatic N) is 2. The zero-order valence-electron chi connectivity index (χ0n) is 13.7. The molecule has 0 bridgehead atoms. The van der Waals surface area contributed by atoms with Gasteiger partial charge in [0.1, 0.15) is 10.6 Å².